The fourth-order valence-electron chi connectivity index (χ4n) is 1.62. The van der Waals surface area contributed by atoms with E-state index in [-0.39, 0.29) is 16.4 Å². The van der Waals surface area contributed by atoms with Gasteiger partial charge in [-0.25, -0.2) is 0 Å². The molecule has 0 fully saturated rings. The minimum absolute atomic E-state index is 0.0929. The van der Waals surface area contributed by atoms with Crippen LogP contribution in [0.5, 0.6) is 11.5 Å². The minimum Gasteiger partial charge on any atom is -0.495 e. The van der Waals surface area contributed by atoms with Gasteiger partial charge in [-0.15, -0.1) is 0 Å². The van der Waals surface area contributed by atoms with Gasteiger partial charge in [-0.05, 0) is 24.1 Å². The number of aryl methyl sites for hydroxylation is 1. The van der Waals surface area contributed by atoms with Gasteiger partial charge in [0.05, 0.1) is 14.2 Å². The van der Waals surface area contributed by atoms with E-state index < -0.39 is 10.1 Å². The fraction of sp³-hybridized carbons (Fsp3) is 0.455. The van der Waals surface area contributed by atoms with Crippen molar-refractivity contribution in [3.63, 3.8) is 0 Å². The zero-order valence-corrected chi connectivity index (χ0v) is 10.9. The molecule has 96 valence electrons. The van der Waals surface area contributed by atoms with Gasteiger partial charge >= 0.3 is 10.1 Å². The zero-order valence-electron chi connectivity index (χ0n) is 10.1. The second kappa shape index (κ2) is 5.37. The van der Waals surface area contributed by atoms with Crippen molar-refractivity contribution in [2.24, 2.45) is 0 Å². The van der Waals surface area contributed by atoms with Crippen LogP contribution in [0.4, 0.5) is 0 Å². The third-order valence-corrected chi connectivity index (χ3v) is 3.24. The summed E-state index contributed by atoms with van der Waals surface area (Å²) < 4.78 is 41.6. The second-order valence-electron chi connectivity index (χ2n) is 3.55. The average molecular weight is 260 g/mol. The van der Waals surface area contributed by atoms with Crippen LogP contribution >= 0.6 is 0 Å². The monoisotopic (exact) mass is 260 g/mol. The molecule has 0 aliphatic rings. The largest absolute Gasteiger partial charge is 0.495 e. The van der Waals surface area contributed by atoms with Gasteiger partial charge in [0.15, 0.2) is 4.90 Å². The molecule has 6 heteroatoms. The van der Waals surface area contributed by atoms with Crippen LogP contribution in [0.2, 0.25) is 0 Å². The Morgan fingerprint density at radius 3 is 1.94 bits per heavy atom. The summed E-state index contributed by atoms with van der Waals surface area (Å²) in [6.45, 7) is 2.01. The third-order valence-electron chi connectivity index (χ3n) is 2.32. The number of rotatable bonds is 5. The standard InChI is InChI=1S/C11H16O5S/c1-4-5-8-6-9(15-2)11(17(12,13)14)10(7-8)16-3/h6-7H,4-5H2,1-3H3,(H,12,13,14). The molecule has 0 atom stereocenters. The van der Waals surface area contributed by atoms with Gasteiger partial charge in [0.2, 0.25) is 0 Å². The molecule has 0 amide bonds. The molecule has 0 bridgehead atoms. The molecule has 0 unspecified atom stereocenters. The summed E-state index contributed by atoms with van der Waals surface area (Å²) in [5.41, 5.74) is 0.897. The highest BCUT2D eigenvalue weighted by Crippen LogP contribution is 2.34. The number of ether oxygens (including phenoxy) is 2. The van der Waals surface area contributed by atoms with Crippen LogP contribution in [-0.4, -0.2) is 27.2 Å². The zero-order chi connectivity index (χ0) is 13.1. The van der Waals surface area contributed by atoms with Gasteiger partial charge in [0, 0.05) is 0 Å². The Hall–Kier alpha value is -1.27. The topological polar surface area (TPSA) is 72.8 Å². The van der Waals surface area contributed by atoms with Gasteiger partial charge in [-0.3, -0.25) is 4.55 Å². The van der Waals surface area contributed by atoms with Crippen LogP contribution in [0.1, 0.15) is 18.9 Å². The summed E-state index contributed by atoms with van der Waals surface area (Å²) in [4.78, 5) is -0.331. The first-order chi connectivity index (χ1) is 7.93. The van der Waals surface area contributed by atoms with E-state index in [4.69, 9.17) is 14.0 Å². The Bertz CT molecular complexity index is 468. The van der Waals surface area contributed by atoms with Crippen LogP contribution in [0.15, 0.2) is 17.0 Å². The molecule has 0 spiro atoms. The van der Waals surface area contributed by atoms with Crippen LogP contribution in [0, 0.1) is 0 Å². The van der Waals surface area contributed by atoms with Gasteiger partial charge in [-0.1, -0.05) is 13.3 Å². The molecule has 0 heterocycles. The van der Waals surface area contributed by atoms with Crippen molar-refractivity contribution in [2.75, 3.05) is 14.2 Å². The summed E-state index contributed by atoms with van der Waals surface area (Å²) in [6.07, 6.45) is 1.69. The van der Waals surface area contributed by atoms with Crippen molar-refractivity contribution in [2.45, 2.75) is 24.7 Å². The number of hydrogen-bond donors (Lipinski definition) is 1. The predicted molar refractivity (Wildman–Crippen MR) is 63.4 cm³/mol. The van der Waals surface area contributed by atoms with Crippen LogP contribution in [0.25, 0.3) is 0 Å². The maximum absolute atomic E-state index is 11.3. The van der Waals surface area contributed by atoms with Gasteiger partial charge in [-0.2, -0.15) is 8.42 Å². The van der Waals surface area contributed by atoms with E-state index in [2.05, 4.69) is 0 Å². The van der Waals surface area contributed by atoms with Crippen molar-refractivity contribution < 1.29 is 22.4 Å². The Morgan fingerprint density at radius 1 is 1.18 bits per heavy atom. The Balaban J connectivity index is 3.47. The van der Waals surface area contributed by atoms with E-state index in [1.54, 1.807) is 12.1 Å². The summed E-state index contributed by atoms with van der Waals surface area (Å²) >= 11 is 0. The molecule has 1 aromatic rings. The number of hydrogen-bond acceptors (Lipinski definition) is 4. The number of methoxy groups -OCH3 is 2. The smallest absolute Gasteiger partial charge is 0.301 e. The quantitative estimate of drug-likeness (QED) is 0.819. The first kappa shape index (κ1) is 13.8. The molecule has 1 aromatic carbocycles. The Kier molecular flexibility index (Phi) is 4.36. The lowest BCUT2D eigenvalue weighted by molar-refractivity contribution is 0.366. The highest BCUT2D eigenvalue weighted by Gasteiger charge is 2.23. The molecular formula is C11H16O5S. The summed E-state index contributed by atoms with van der Waals surface area (Å²) in [6, 6.07) is 3.18. The van der Waals surface area contributed by atoms with E-state index in [0.717, 1.165) is 18.4 Å². The molecule has 1 rings (SSSR count). The maximum atomic E-state index is 11.3. The highest BCUT2D eigenvalue weighted by molar-refractivity contribution is 7.86. The number of benzene rings is 1. The van der Waals surface area contributed by atoms with Gasteiger partial charge < -0.3 is 9.47 Å². The second-order valence-corrected chi connectivity index (χ2v) is 4.91. The lowest BCUT2D eigenvalue weighted by Gasteiger charge is -2.12. The van der Waals surface area contributed by atoms with Crippen molar-refractivity contribution in [1.82, 2.24) is 0 Å². The van der Waals surface area contributed by atoms with Crippen molar-refractivity contribution in [3.05, 3.63) is 17.7 Å². The lowest BCUT2D eigenvalue weighted by Crippen LogP contribution is -2.05. The first-order valence-corrected chi connectivity index (χ1v) is 6.60. The lowest BCUT2D eigenvalue weighted by atomic mass is 10.1. The minimum atomic E-state index is -4.37. The molecule has 1 N–H and O–H groups in total. The summed E-state index contributed by atoms with van der Waals surface area (Å²) in [5, 5.41) is 0. The molecule has 5 nitrogen and oxygen atoms in total. The van der Waals surface area contributed by atoms with Crippen molar-refractivity contribution in [3.8, 4) is 11.5 Å². The summed E-state index contributed by atoms with van der Waals surface area (Å²) in [5.74, 6) is 0.186. The van der Waals surface area contributed by atoms with Gasteiger partial charge in [0.1, 0.15) is 11.5 Å². The van der Waals surface area contributed by atoms with Crippen LogP contribution in [-0.2, 0) is 16.5 Å². The third kappa shape index (κ3) is 3.10. The predicted octanol–water partition coefficient (Wildman–Crippen LogP) is 1.90. The molecule has 0 radical (unpaired) electrons. The summed E-state index contributed by atoms with van der Waals surface area (Å²) in [7, 11) is -1.68. The van der Waals surface area contributed by atoms with E-state index in [1.807, 2.05) is 6.92 Å². The first-order valence-electron chi connectivity index (χ1n) is 5.16. The molecule has 0 aromatic heterocycles. The molecule has 0 aliphatic heterocycles. The SMILES string of the molecule is CCCc1cc(OC)c(S(=O)(=O)O)c(OC)c1. The molecule has 0 saturated carbocycles. The van der Waals surface area contributed by atoms with Crippen LogP contribution in [0.3, 0.4) is 0 Å². The van der Waals surface area contributed by atoms with E-state index in [1.165, 1.54) is 14.2 Å². The van der Waals surface area contributed by atoms with E-state index >= 15 is 0 Å². The molecule has 0 saturated heterocycles. The highest BCUT2D eigenvalue weighted by atomic mass is 32.2. The Morgan fingerprint density at radius 2 is 1.65 bits per heavy atom. The van der Waals surface area contributed by atoms with Crippen LogP contribution < -0.4 is 9.47 Å². The van der Waals surface area contributed by atoms with E-state index in [9.17, 15) is 8.42 Å². The molecule has 17 heavy (non-hydrogen) atoms. The average Bonchev–Trinajstić information content (AvgIpc) is 2.26. The normalized spacial score (nSPS) is 11.3. The molecule has 0 aliphatic carbocycles. The maximum Gasteiger partial charge on any atom is 0.301 e. The Labute approximate surface area is 101 Å². The fourth-order valence-corrected chi connectivity index (χ4v) is 2.41. The molecular weight excluding hydrogens is 244 g/mol. The van der Waals surface area contributed by atoms with Crippen molar-refractivity contribution >= 4 is 10.1 Å². The van der Waals surface area contributed by atoms with E-state index in [0.29, 0.717) is 0 Å². The van der Waals surface area contributed by atoms with Gasteiger partial charge in [0.25, 0.3) is 0 Å². The van der Waals surface area contributed by atoms with Crippen molar-refractivity contribution in [1.29, 1.82) is 0 Å².